The molecule has 0 aliphatic carbocycles. The Morgan fingerprint density at radius 1 is 1.22 bits per heavy atom. The second-order valence-electron chi connectivity index (χ2n) is 10.4. The van der Waals surface area contributed by atoms with Gasteiger partial charge in [0.25, 0.3) is 5.91 Å². The van der Waals surface area contributed by atoms with E-state index in [1.54, 1.807) is 45.2 Å². The number of aliphatic hydroxyl groups excluding tert-OH is 1. The number of anilines is 1. The minimum atomic E-state index is -1.56. The van der Waals surface area contributed by atoms with E-state index in [0.717, 1.165) is 0 Å². The van der Waals surface area contributed by atoms with Crippen molar-refractivity contribution in [1.82, 2.24) is 10.5 Å². The number of aromatic nitrogens is 1. The number of nitrogens with one attached hydrogen (secondary N) is 2. The SMILES string of the molecule is C#CCONC(=O)O[C@@H]1[C@@H](O)[C@H](Oc2ccc3c(O)c(NC(=O)COCc4ccccn4)c(=O)oc3c2C)OC(C)(C)[C@@H]1OC. The number of nitrogens with zero attached hydrogens (tertiary/aromatic N) is 1. The lowest BCUT2D eigenvalue weighted by molar-refractivity contribution is -0.305. The van der Waals surface area contributed by atoms with E-state index in [9.17, 15) is 24.6 Å². The number of amides is 2. The molecule has 0 bridgehead atoms. The molecule has 4 rings (SSSR count). The van der Waals surface area contributed by atoms with Crippen molar-refractivity contribution in [3.63, 3.8) is 0 Å². The molecule has 1 fully saturated rings. The molecule has 0 unspecified atom stereocenters. The Bertz CT molecular complexity index is 1620. The number of aryl methyl sites for hydroxylation is 1. The maximum atomic E-state index is 12.8. The van der Waals surface area contributed by atoms with Crippen LogP contribution in [0.3, 0.4) is 0 Å². The summed E-state index contributed by atoms with van der Waals surface area (Å²) in [5.41, 5.74) is 0.210. The van der Waals surface area contributed by atoms with Gasteiger partial charge in [0.15, 0.2) is 23.6 Å². The maximum absolute atomic E-state index is 12.8. The topological polar surface area (TPSA) is 197 Å². The third-order valence-electron chi connectivity index (χ3n) is 6.79. The molecule has 1 aliphatic heterocycles. The minimum absolute atomic E-state index is 0.0448. The Kier molecular flexibility index (Phi) is 10.6. The summed E-state index contributed by atoms with van der Waals surface area (Å²) in [6.45, 7) is 4.29. The van der Waals surface area contributed by atoms with E-state index in [1.165, 1.54) is 19.2 Å². The normalized spacial score (nSPS) is 20.6. The molecule has 1 aliphatic rings. The first-order chi connectivity index (χ1) is 21.5. The zero-order valence-electron chi connectivity index (χ0n) is 24.9. The summed E-state index contributed by atoms with van der Waals surface area (Å²) in [4.78, 5) is 46.3. The van der Waals surface area contributed by atoms with Gasteiger partial charge in [-0.05, 0) is 45.0 Å². The molecular formula is C30H33N3O12. The van der Waals surface area contributed by atoms with E-state index in [2.05, 4.69) is 16.2 Å². The Balaban J connectivity index is 1.51. The number of aliphatic hydroxyl groups is 1. The summed E-state index contributed by atoms with van der Waals surface area (Å²) in [5, 5.41) is 24.4. The van der Waals surface area contributed by atoms with E-state index in [1.807, 2.05) is 5.48 Å². The fourth-order valence-corrected chi connectivity index (χ4v) is 4.73. The van der Waals surface area contributed by atoms with Crippen LogP contribution in [0.25, 0.3) is 11.0 Å². The highest BCUT2D eigenvalue weighted by atomic mass is 16.7. The number of carbonyl (C=O) groups is 2. The molecule has 15 nitrogen and oxygen atoms in total. The van der Waals surface area contributed by atoms with Crippen LogP contribution < -0.4 is 21.2 Å². The van der Waals surface area contributed by atoms with Gasteiger partial charge < -0.3 is 43.6 Å². The highest BCUT2D eigenvalue weighted by molar-refractivity contribution is 5.98. The zero-order chi connectivity index (χ0) is 32.7. The number of hydrogen-bond donors (Lipinski definition) is 4. The van der Waals surface area contributed by atoms with Crippen LogP contribution >= 0.6 is 0 Å². The average molecular weight is 628 g/mol. The van der Waals surface area contributed by atoms with Gasteiger partial charge in [-0.3, -0.25) is 14.6 Å². The largest absolute Gasteiger partial charge is 0.505 e. The molecule has 45 heavy (non-hydrogen) atoms. The van der Waals surface area contributed by atoms with E-state index in [-0.39, 0.29) is 35.5 Å². The van der Waals surface area contributed by atoms with Crippen LogP contribution in [-0.4, -0.2) is 77.7 Å². The van der Waals surface area contributed by atoms with Crippen molar-refractivity contribution < 1.29 is 52.7 Å². The first-order valence-corrected chi connectivity index (χ1v) is 13.6. The number of rotatable bonds is 11. The van der Waals surface area contributed by atoms with Crippen molar-refractivity contribution >= 4 is 28.7 Å². The lowest BCUT2D eigenvalue weighted by atomic mass is 9.89. The number of hydroxylamine groups is 1. The first kappa shape index (κ1) is 33.2. The predicted molar refractivity (Wildman–Crippen MR) is 156 cm³/mol. The third kappa shape index (κ3) is 7.69. The second kappa shape index (κ2) is 14.4. The zero-order valence-corrected chi connectivity index (χ0v) is 24.9. The van der Waals surface area contributed by atoms with Gasteiger partial charge in [-0.1, -0.05) is 12.0 Å². The molecule has 0 radical (unpaired) electrons. The van der Waals surface area contributed by atoms with Crippen LogP contribution in [0.15, 0.2) is 45.7 Å². The lowest BCUT2D eigenvalue weighted by Crippen LogP contribution is -2.65. The van der Waals surface area contributed by atoms with Gasteiger partial charge in [-0.15, -0.1) is 6.42 Å². The van der Waals surface area contributed by atoms with Crippen molar-refractivity contribution in [3.8, 4) is 23.8 Å². The van der Waals surface area contributed by atoms with Gasteiger partial charge in [0.2, 0.25) is 6.29 Å². The van der Waals surface area contributed by atoms with Crippen LogP contribution in [0.2, 0.25) is 0 Å². The monoisotopic (exact) mass is 627 g/mol. The fourth-order valence-electron chi connectivity index (χ4n) is 4.73. The van der Waals surface area contributed by atoms with Gasteiger partial charge >= 0.3 is 11.7 Å². The van der Waals surface area contributed by atoms with Crippen LogP contribution in [0.1, 0.15) is 25.1 Å². The summed E-state index contributed by atoms with van der Waals surface area (Å²) in [5.74, 6) is 1.06. The summed E-state index contributed by atoms with van der Waals surface area (Å²) in [6.07, 6.45) is 0.493. The molecule has 240 valence electrons. The number of benzene rings is 1. The Hall–Kier alpha value is -4.72. The molecule has 2 amide bonds. The van der Waals surface area contributed by atoms with Crippen LogP contribution in [-0.2, 0) is 35.2 Å². The average Bonchev–Trinajstić information content (AvgIpc) is 3.00. The fraction of sp³-hybridized carbons (Fsp3) is 0.400. The van der Waals surface area contributed by atoms with E-state index >= 15 is 0 Å². The molecule has 3 heterocycles. The van der Waals surface area contributed by atoms with Gasteiger partial charge in [0, 0.05) is 18.9 Å². The molecule has 1 aromatic carbocycles. The number of terminal acetylenes is 1. The lowest BCUT2D eigenvalue weighted by Gasteiger charge is -2.47. The number of fused-ring (bicyclic) bond motifs is 1. The molecule has 3 aromatic rings. The standard InChI is InChI=1S/C30H33N3O12/c1-6-13-41-33-29(38)44-25-23(36)28(45-30(3,4)26(25)39-5)42-19-11-10-18-22(35)21(27(37)43-24(18)16(19)2)32-20(34)15-40-14-17-9-7-8-12-31-17/h1,7-12,23,25-26,28,35-36H,13-15H2,2-5H3,(H,32,34)(H,33,38)/t23-,25-,26-,28-/m1/s1. The summed E-state index contributed by atoms with van der Waals surface area (Å²) in [6, 6.07) is 8.08. The Labute approximate surface area is 257 Å². The number of aromatic hydroxyl groups is 1. The van der Waals surface area contributed by atoms with Crippen LogP contribution in [0.5, 0.6) is 11.5 Å². The summed E-state index contributed by atoms with van der Waals surface area (Å²) < 4.78 is 33.5. The Morgan fingerprint density at radius 3 is 2.69 bits per heavy atom. The van der Waals surface area contributed by atoms with Crippen LogP contribution in [0, 0.1) is 19.3 Å². The molecule has 1 saturated heterocycles. The predicted octanol–water partition coefficient (Wildman–Crippen LogP) is 1.91. The van der Waals surface area contributed by atoms with E-state index in [0.29, 0.717) is 5.69 Å². The number of hydrogen-bond acceptors (Lipinski definition) is 13. The van der Waals surface area contributed by atoms with Crippen molar-refractivity contribution in [2.75, 3.05) is 25.6 Å². The second-order valence-corrected chi connectivity index (χ2v) is 10.4. The van der Waals surface area contributed by atoms with E-state index < -0.39 is 65.9 Å². The molecule has 4 N–H and O–H groups in total. The third-order valence-corrected chi connectivity index (χ3v) is 6.79. The number of pyridine rings is 1. The van der Waals surface area contributed by atoms with Gasteiger partial charge in [-0.2, -0.15) is 5.48 Å². The summed E-state index contributed by atoms with van der Waals surface area (Å²) >= 11 is 0. The van der Waals surface area contributed by atoms with Crippen molar-refractivity contribution in [2.45, 2.75) is 57.6 Å². The van der Waals surface area contributed by atoms with Crippen molar-refractivity contribution in [2.24, 2.45) is 0 Å². The summed E-state index contributed by atoms with van der Waals surface area (Å²) in [7, 11) is 1.36. The van der Waals surface area contributed by atoms with Gasteiger partial charge in [0.1, 0.15) is 30.7 Å². The molecule has 2 aromatic heterocycles. The van der Waals surface area contributed by atoms with Crippen molar-refractivity contribution in [3.05, 3.63) is 58.2 Å². The highest BCUT2D eigenvalue weighted by Gasteiger charge is 2.53. The highest BCUT2D eigenvalue weighted by Crippen LogP contribution is 2.38. The molecule has 0 spiro atoms. The van der Waals surface area contributed by atoms with Crippen molar-refractivity contribution in [1.29, 1.82) is 0 Å². The van der Waals surface area contributed by atoms with Crippen LogP contribution in [0.4, 0.5) is 10.5 Å². The first-order valence-electron chi connectivity index (χ1n) is 13.6. The Morgan fingerprint density at radius 2 is 2.00 bits per heavy atom. The molecule has 0 saturated carbocycles. The number of carbonyl (C=O) groups excluding carboxylic acids is 2. The van der Waals surface area contributed by atoms with E-state index in [4.69, 9.17) is 39.4 Å². The molecule has 15 heteroatoms. The van der Waals surface area contributed by atoms with Gasteiger partial charge in [-0.25, -0.2) is 9.59 Å². The van der Waals surface area contributed by atoms with Gasteiger partial charge in [0.05, 0.1) is 23.3 Å². The number of ether oxygens (including phenoxy) is 5. The molecular weight excluding hydrogens is 594 g/mol. The quantitative estimate of drug-likeness (QED) is 0.104. The molecule has 4 atom stereocenters. The number of methoxy groups -OCH3 is 1. The maximum Gasteiger partial charge on any atom is 0.431 e. The smallest absolute Gasteiger partial charge is 0.431 e. The minimum Gasteiger partial charge on any atom is -0.505 e.